The highest BCUT2D eigenvalue weighted by Gasteiger charge is 2.39. The van der Waals surface area contributed by atoms with Gasteiger partial charge in [-0.1, -0.05) is 19.3 Å². The van der Waals surface area contributed by atoms with Gasteiger partial charge in [0.05, 0.1) is 29.1 Å². The molecule has 9 heteroatoms. The van der Waals surface area contributed by atoms with Gasteiger partial charge in [-0.2, -0.15) is 0 Å². The van der Waals surface area contributed by atoms with Crippen molar-refractivity contribution >= 4 is 25.6 Å². The molecule has 2 unspecified atom stereocenters. The summed E-state index contributed by atoms with van der Waals surface area (Å²) in [7, 11) is -6.17. The zero-order valence-electron chi connectivity index (χ0n) is 13.8. The number of sulfone groups is 2. The molecule has 2 heterocycles. The monoisotopic (exact) mass is 378 g/mol. The Kier molecular flexibility index (Phi) is 5.22. The maximum Gasteiger partial charge on any atom is 0.240 e. The van der Waals surface area contributed by atoms with Crippen LogP contribution in [0.1, 0.15) is 44.9 Å². The van der Waals surface area contributed by atoms with Crippen molar-refractivity contribution in [1.29, 1.82) is 0 Å². The summed E-state index contributed by atoms with van der Waals surface area (Å²) < 4.78 is 47.0. The van der Waals surface area contributed by atoms with Crippen LogP contribution in [-0.4, -0.2) is 62.8 Å². The average molecular weight is 379 g/mol. The molecule has 0 aromatic carbocycles. The van der Waals surface area contributed by atoms with Crippen LogP contribution in [0, 0.1) is 5.92 Å². The van der Waals surface area contributed by atoms with Crippen LogP contribution in [0.15, 0.2) is 0 Å². The third-order valence-corrected chi connectivity index (χ3v) is 8.84. The molecule has 1 amide bonds. The summed E-state index contributed by atoms with van der Waals surface area (Å²) in [5, 5.41) is 1.49. The Balaban J connectivity index is 1.74. The molecule has 2 saturated heterocycles. The molecule has 0 bridgehead atoms. The Morgan fingerprint density at radius 1 is 0.833 bits per heavy atom. The number of nitrogens with zero attached hydrogens (tertiary/aromatic N) is 1. The molecule has 1 saturated carbocycles. The number of rotatable bonds is 4. The van der Waals surface area contributed by atoms with Crippen LogP contribution in [0.5, 0.6) is 0 Å². The molecule has 3 fully saturated rings. The van der Waals surface area contributed by atoms with Gasteiger partial charge in [0.2, 0.25) is 5.91 Å². The summed E-state index contributed by atoms with van der Waals surface area (Å²) in [5.74, 6) is 0.0722. The topological polar surface area (TPSA) is 101 Å². The lowest BCUT2D eigenvalue weighted by atomic mass is 9.88. The molecule has 1 aliphatic carbocycles. The first-order valence-corrected chi connectivity index (χ1v) is 12.4. The summed E-state index contributed by atoms with van der Waals surface area (Å²) in [6.07, 6.45) is 5.73. The summed E-state index contributed by atoms with van der Waals surface area (Å²) in [5.41, 5.74) is 3.09. The van der Waals surface area contributed by atoms with E-state index in [1.165, 1.54) is 5.01 Å². The van der Waals surface area contributed by atoms with E-state index in [2.05, 4.69) is 5.43 Å². The standard InChI is InChI=1S/C15H26N2O5S2/c18-15(12-4-2-1-3-5-12)17(14-7-9-24(21,22)11-14)16-13-6-8-23(19,20)10-13/h12-14,16H,1-11H2. The van der Waals surface area contributed by atoms with Gasteiger partial charge in [-0.3, -0.25) is 9.80 Å². The lowest BCUT2D eigenvalue weighted by Crippen LogP contribution is -2.56. The first-order valence-electron chi connectivity index (χ1n) is 8.76. The Labute approximate surface area is 144 Å². The number of hydrogen-bond acceptors (Lipinski definition) is 6. The quantitative estimate of drug-likeness (QED) is 0.705. The Morgan fingerprint density at radius 3 is 2.00 bits per heavy atom. The van der Waals surface area contributed by atoms with E-state index >= 15 is 0 Å². The fourth-order valence-electron chi connectivity index (χ4n) is 3.97. The summed E-state index contributed by atoms with van der Waals surface area (Å²) in [4.78, 5) is 13.0. The van der Waals surface area contributed by atoms with Gasteiger partial charge in [-0.15, -0.1) is 0 Å². The second kappa shape index (κ2) is 6.92. The van der Waals surface area contributed by atoms with Crippen molar-refractivity contribution in [2.75, 3.05) is 23.0 Å². The highest BCUT2D eigenvalue weighted by Crippen LogP contribution is 2.28. The van der Waals surface area contributed by atoms with Gasteiger partial charge < -0.3 is 0 Å². The van der Waals surface area contributed by atoms with Gasteiger partial charge >= 0.3 is 0 Å². The molecule has 7 nitrogen and oxygen atoms in total. The molecule has 1 N–H and O–H groups in total. The van der Waals surface area contributed by atoms with Gasteiger partial charge in [-0.25, -0.2) is 22.3 Å². The van der Waals surface area contributed by atoms with E-state index in [4.69, 9.17) is 0 Å². The van der Waals surface area contributed by atoms with E-state index < -0.39 is 19.7 Å². The number of carbonyl (C=O) groups excluding carboxylic acids is 1. The van der Waals surface area contributed by atoms with Crippen LogP contribution in [0.2, 0.25) is 0 Å². The molecule has 0 aromatic heterocycles. The van der Waals surface area contributed by atoms with Gasteiger partial charge in [0.25, 0.3) is 0 Å². The highest BCUT2D eigenvalue weighted by atomic mass is 32.2. The smallest absolute Gasteiger partial charge is 0.240 e. The summed E-state index contributed by atoms with van der Waals surface area (Å²) >= 11 is 0. The van der Waals surface area contributed by atoms with Crippen molar-refractivity contribution in [3.05, 3.63) is 0 Å². The molecule has 0 aromatic rings. The first-order chi connectivity index (χ1) is 11.3. The fourth-order valence-corrected chi connectivity index (χ4v) is 7.33. The van der Waals surface area contributed by atoms with Crippen LogP contribution < -0.4 is 5.43 Å². The average Bonchev–Trinajstić information content (AvgIpc) is 3.06. The molecular weight excluding hydrogens is 352 g/mol. The predicted molar refractivity (Wildman–Crippen MR) is 90.7 cm³/mol. The van der Waals surface area contributed by atoms with Crippen molar-refractivity contribution in [3.63, 3.8) is 0 Å². The first kappa shape index (κ1) is 18.1. The number of amides is 1. The Hall–Kier alpha value is -0.670. The molecule has 3 rings (SSSR count). The zero-order valence-corrected chi connectivity index (χ0v) is 15.4. The summed E-state index contributed by atoms with van der Waals surface area (Å²) in [6, 6.07) is -0.682. The van der Waals surface area contributed by atoms with E-state index in [-0.39, 0.29) is 46.9 Å². The molecule has 138 valence electrons. The molecule has 2 atom stereocenters. The third kappa shape index (κ3) is 4.29. The van der Waals surface area contributed by atoms with Crippen molar-refractivity contribution in [3.8, 4) is 0 Å². The minimum Gasteiger partial charge on any atom is -0.273 e. The number of hydrogen-bond donors (Lipinski definition) is 1. The minimum absolute atomic E-state index is 0.0148. The van der Waals surface area contributed by atoms with E-state index in [1.807, 2.05) is 0 Å². The number of carbonyl (C=O) groups is 1. The zero-order chi connectivity index (χ0) is 17.4. The minimum atomic E-state index is -3.11. The molecule has 24 heavy (non-hydrogen) atoms. The van der Waals surface area contributed by atoms with E-state index in [0.717, 1.165) is 32.1 Å². The maximum absolute atomic E-state index is 13.0. The molecule has 0 spiro atoms. The van der Waals surface area contributed by atoms with Gasteiger partial charge in [0, 0.05) is 12.0 Å². The van der Waals surface area contributed by atoms with Gasteiger partial charge in [0.1, 0.15) is 0 Å². The fraction of sp³-hybridized carbons (Fsp3) is 0.933. The lowest BCUT2D eigenvalue weighted by Gasteiger charge is -2.35. The number of hydrazine groups is 1. The highest BCUT2D eigenvalue weighted by molar-refractivity contribution is 7.91. The number of nitrogens with one attached hydrogen (secondary N) is 1. The molecule has 2 aliphatic heterocycles. The largest absolute Gasteiger partial charge is 0.273 e. The van der Waals surface area contributed by atoms with E-state index in [1.54, 1.807) is 0 Å². The molecular formula is C15H26N2O5S2. The normalized spacial score (nSPS) is 32.7. The van der Waals surface area contributed by atoms with Crippen LogP contribution in [0.3, 0.4) is 0 Å². The second-order valence-corrected chi connectivity index (χ2v) is 11.8. The van der Waals surface area contributed by atoms with Crippen LogP contribution >= 0.6 is 0 Å². The van der Waals surface area contributed by atoms with Crippen LogP contribution in [-0.2, 0) is 24.5 Å². The van der Waals surface area contributed by atoms with E-state index in [0.29, 0.717) is 12.8 Å². The molecule has 0 radical (unpaired) electrons. The van der Waals surface area contributed by atoms with Gasteiger partial charge in [0.15, 0.2) is 19.7 Å². The Bertz CT molecular complexity index is 683. The molecule has 3 aliphatic rings. The van der Waals surface area contributed by atoms with Crippen molar-refractivity contribution < 1.29 is 21.6 Å². The predicted octanol–water partition coefficient (Wildman–Crippen LogP) is 0.274. The van der Waals surface area contributed by atoms with Crippen molar-refractivity contribution in [1.82, 2.24) is 10.4 Å². The lowest BCUT2D eigenvalue weighted by molar-refractivity contribution is -0.143. The van der Waals surface area contributed by atoms with Gasteiger partial charge in [-0.05, 0) is 25.7 Å². The van der Waals surface area contributed by atoms with Crippen LogP contribution in [0.25, 0.3) is 0 Å². The van der Waals surface area contributed by atoms with Crippen molar-refractivity contribution in [2.45, 2.75) is 57.0 Å². The maximum atomic E-state index is 13.0. The SMILES string of the molecule is O=C(C1CCCCC1)N(NC1CCS(=O)(=O)C1)C1CCS(=O)(=O)C1. The van der Waals surface area contributed by atoms with Crippen LogP contribution in [0.4, 0.5) is 0 Å². The third-order valence-electron chi connectivity index (χ3n) is 5.32. The Morgan fingerprint density at radius 2 is 1.46 bits per heavy atom. The second-order valence-electron chi connectivity index (χ2n) is 7.33. The van der Waals surface area contributed by atoms with E-state index in [9.17, 15) is 21.6 Å². The summed E-state index contributed by atoms with van der Waals surface area (Å²) in [6.45, 7) is 0. The van der Waals surface area contributed by atoms with Crippen molar-refractivity contribution in [2.24, 2.45) is 5.92 Å².